The first-order chi connectivity index (χ1) is 20.0. The van der Waals surface area contributed by atoms with E-state index in [-0.39, 0.29) is 27.9 Å². The summed E-state index contributed by atoms with van der Waals surface area (Å²) >= 11 is 0. The van der Waals surface area contributed by atoms with Crippen molar-refractivity contribution in [3.8, 4) is 0 Å². The van der Waals surface area contributed by atoms with Crippen LogP contribution in [0.4, 0.5) is 0 Å². The Morgan fingerprint density at radius 2 is 1.72 bits per heavy atom. The number of fused-ring (bicyclic) bond motifs is 4. The molecule has 1 saturated heterocycles. The molecule has 5 aliphatic rings. The van der Waals surface area contributed by atoms with Crippen LogP contribution in [0.25, 0.3) is 0 Å². The zero-order chi connectivity index (χ0) is 31.1. The Morgan fingerprint density at radius 3 is 2.40 bits per heavy atom. The lowest BCUT2D eigenvalue weighted by molar-refractivity contribution is -0.414. The van der Waals surface area contributed by atoms with Crippen molar-refractivity contribution in [2.45, 2.75) is 147 Å². The van der Waals surface area contributed by atoms with Gasteiger partial charge in [-0.1, -0.05) is 71.4 Å². The first kappa shape index (κ1) is 31.9. The summed E-state index contributed by atoms with van der Waals surface area (Å²) in [6.07, 6.45) is 8.70. The number of allylic oxidation sites excluding steroid dienone is 1. The number of aliphatic hydroxyl groups excluding tert-OH is 1. The first-order valence-electron chi connectivity index (χ1n) is 17.2. The Bertz CT molecular complexity index is 1230. The molecule has 3 saturated carbocycles. The van der Waals surface area contributed by atoms with E-state index in [1.807, 2.05) is 0 Å². The molecule has 0 bridgehead atoms. The molecule has 0 radical (unpaired) electrons. The van der Waals surface area contributed by atoms with Gasteiger partial charge in [0, 0.05) is 18.9 Å². The lowest BCUT2D eigenvalue weighted by atomic mass is 9.50. The van der Waals surface area contributed by atoms with E-state index in [9.17, 15) is 10.2 Å². The summed E-state index contributed by atoms with van der Waals surface area (Å²) in [6.45, 7) is 19.7. The van der Waals surface area contributed by atoms with Gasteiger partial charge in [-0.25, -0.2) is 9.78 Å². The van der Waals surface area contributed by atoms with Gasteiger partial charge in [0.25, 0.3) is 0 Å². The quantitative estimate of drug-likeness (QED) is 0.200. The van der Waals surface area contributed by atoms with Crippen LogP contribution in [0.2, 0.25) is 18.1 Å². The summed E-state index contributed by atoms with van der Waals surface area (Å²) < 4.78 is 6.47. The third kappa shape index (κ3) is 5.65. The lowest BCUT2D eigenvalue weighted by Gasteiger charge is -2.57. The molecule has 1 aliphatic heterocycles. The van der Waals surface area contributed by atoms with Gasteiger partial charge < -0.3 is 14.6 Å². The number of benzene rings is 1. The average Bonchev–Trinajstić information content (AvgIpc) is 3.20. The molecule has 240 valence electrons. The van der Waals surface area contributed by atoms with Crippen LogP contribution < -0.4 is 0 Å². The number of aliphatic hydroxyl groups is 2. The average molecular weight is 611 g/mol. The summed E-state index contributed by atoms with van der Waals surface area (Å²) in [5.74, 6) is 1.15. The van der Waals surface area contributed by atoms with Crippen molar-refractivity contribution in [1.82, 2.24) is 0 Å². The van der Waals surface area contributed by atoms with Gasteiger partial charge >= 0.3 is 0 Å². The highest BCUT2D eigenvalue weighted by Crippen LogP contribution is 2.65. The van der Waals surface area contributed by atoms with E-state index in [0.29, 0.717) is 24.9 Å². The Balaban J connectivity index is 1.30. The number of rotatable bonds is 5. The van der Waals surface area contributed by atoms with Crippen LogP contribution in [-0.2, 0) is 20.6 Å². The maximum Gasteiger partial charge on any atom is 0.191 e. The fourth-order valence-corrected chi connectivity index (χ4v) is 10.8. The maximum atomic E-state index is 12.4. The van der Waals surface area contributed by atoms with E-state index < -0.39 is 19.5 Å². The van der Waals surface area contributed by atoms with E-state index in [2.05, 4.69) is 78.9 Å². The molecule has 0 amide bonds. The number of hydrogen-bond donors (Lipinski definition) is 2. The van der Waals surface area contributed by atoms with Gasteiger partial charge in [-0.05, 0) is 115 Å². The van der Waals surface area contributed by atoms with Crippen molar-refractivity contribution in [2.24, 2.45) is 22.7 Å². The van der Waals surface area contributed by atoms with Crippen molar-refractivity contribution in [3.63, 3.8) is 0 Å². The molecular weight excluding hydrogens is 552 g/mol. The SMILES string of the molecule is CC1(C)COOC2(CCC3=C4[C@@H](CC[C@@]3(O)C2)[C@@H]2CC[C@H](O)[C@@]2(C)C[C@@H]4c2ccc(CCO[Si](C)(C)C(C)(C)C)cc2)C1. The van der Waals surface area contributed by atoms with Gasteiger partial charge in [0.05, 0.1) is 18.3 Å². The van der Waals surface area contributed by atoms with Crippen LogP contribution in [0.5, 0.6) is 0 Å². The van der Waals surface area contributed by atoms with E-state index >= 15 is 0 Å². The topological polar surface area (TPSA) is 68.2 Å². The predicted molar refractivity (Wildman–Crippen MR) is 174 cm³/mol. The Morgan fingerprint density at radius 1 is 1.00 bits per heavy atom. The van der Waals surface area contributed by atoms with Crippen LogP contribution in [0, 0.1) is 22.7 Å². The molecule has 4 aliphatic carbocycles. The van der Waals surface area contributed by atoms with Crippen LogP contribution in [0.3, 0.4) is 0 Å². The molecule has 1 heterocycles. The third-order valence-corrected chi connectivity index (χ3v) is 17.6. The summed E-state index contributed by atoms with van der Waals surface area (Å²) in [5, 5.41) is 24.0. The first-order valence-corrected chi connectivity index (χ1v) is 20.1. The molecule has 1 unspecified atom stereocenters. The van der Waals surface area contributed by atoms with Crippen LogP contribution in [0.15, 0.2) is 35.4 Å². The normalized spacial score (nSPS) is 39.4. The van der Waals surface area contributed by atoms with E-state index in [0.717, 1.165) is 64.4 Å². The van der Waals surface area contributed by atoms with E-state index in [1.165, 1.54) is 22.3 Å². The van der Waals surface area contributed by atoms with E-state index in [4.69, 9.17) is 14.2 Å². The van der Waals surface area contributed by atoms with Crippen molar-refractivity contribution < 1.29 is 24.4 Å². The van der Waals surface area contributed by atoms with Crippen molar-refractivity contribution in [1.29, 1.82) is 0 Å². The minimum Gasteiger partial charge on any atom is -0.416 e. The second kappa shape index (κ2) is 10.8. The Hall–Kier alpha value is -1.02. The summed E-state index contributed by atoms with van der Waals surface area (Å²) in [5.41, 5.74) is 4.16. The molecule has 7 atom stereocenters. The van der Waals surface area contributed by atoms with Crippen molar-refractivity contribution >= 4 is 8.32 Å². The minimum absolute atomic E-state index is 0.0447. The fourth-order valence-electron chi connectivity index (χ4n) is 9.71. The molecule has 5 nitrogen and oxygen atoms in total. The van der Waals surface area contributed by atoms with Crippen molar-refractivity contribution in [2.75, 3.05) is 13.2 Å². The second-order valence-electron chi connectivity index (χ2n) is 17.7. The van der Waals surface area contributed by atoms with Gasteiger partial charge in [0.1, 0.15) is 5.60 Å². The Labute approximate surface area is 261 Å². The molecule has 6 rings (SSSR count). The van der Waals surface area contributed by atoms with Gasteiger partial charge in [0.15, 0.2) is 8.32 Å². The van der Waals surface area contributed by atoms with Crippen molar-refractivity contribution in [3.05, 3.63) is 46.5 Å². The van der Waals surface area contributed by atoms with Gasteiger partial charge in [-0.2, -0.15) is 0 Å². The fraction of sp³-hybridized carbons (Fsp3) is 0.784. The summed E-state index contributed by atoms with van der Waals surface area (Å²) in [6, 6.07) is 9.26. The molecule has 0 aromatic heterocycles. The zero-order valence-electron chi connectivity index (χ0n) is 28.2. The molecule has 1 aromatic carbocycles. The molecule has 6 heteroatoms. The van der Waals surface area contributed by atoms with Crippen LogP contribution in [0.1, 0.15) is 116 Å². The highest BCUT2D eigenvalue weighted by atomic mass is 28.4. The summed E-state index contributed by atoms with van der Waals surface area (Å²) in [7, 11) is -1.76. The second-order valence-corrected chi connectivity index (χ2v) is 22.5. The molecule has 1 spiro atoms. The monoisotopic (exact) mass is 610 g/mol. The van der Waals surface area contributed by atoms with Gasteiger partial charge in [0.2, 0.25) is 0 Å². The standard InChI is InChI=1S/C37H58O5Si/c1-33(2,3)43(7,8)41-20-17-25-9-11-26(12-10-25)28-21-35(6)29(13-14-31(35)38)27-15-19-37(39)23-36(18-16-30(37)32(27)28)22-34(4,5)24-40-42-36/h9-12,27-29,31,38-39H,13-24H2,1-8H3/t27-,28+,29-,31-,35-,36?,37+/m0/s1. The number of hydrogen-bond acceptors (Lipinski definition) is 5. The minimum atomic E-state index is -1.76. The lowest BCUT2D eigenvalue weighted by Crippen LogP contribution is -2.56. The molecular formula is C37H58O5Si. The van der Waals surface area contributed by atoms with Gasteiger partial charge in [-0.3, -0.25) is 0 Å². The maximum absolute atomic E-state index is 12.4. The van der Waals surface area contributed by atoms with Crippen LogP contribution in [-0.4, -0.2) is 49.1 Å². The Kier molecular flexibility index (Phi) is 8.00. The molecule has 43 heavy (non-hydrogen) atoms. The predicted octanol–water partition coefficient (Wildman–Crippen LogP) is 8.25. The highest BCUT2D eigenvalue weighted by Gasteiger charge is 2.60. The van der Waals surface area contributed by atoms with E-state index in [1.54, 1.807) is 0 Å². The van der Waals surface area contributed by atoms with Crippen LogP contribution >= 0.6 is 0 Å². The third-order valence-electron chi connectivity index (χ3n) is 13.0. The highest BCUT2D eigenvalue weighted by molar-refractivity contribution is 6.74. The molecule has 2 N–H and O–H groups in total. The summed E-state index contributed by atoms with van der Waals surface area (Å²) in [4.78, 5) is 11.8. The molecule has 4 fully saturated rings. The largest absolute Gasteiger partial charge is 0.416 e. The zero-order valence-corrected chi connectivity index (χ0v) is 29.2. The smallest absolute Gasteiger partial charge is 0.191 e. The van der Waals surface area contributed by atoms with Gasteiger partial charge in [-0.15, -0.1) is 0 Å². The molecule has 1 aromatic rings.